The minimum Gasteiger partial charge on any atom is -0.346 e. The van der Waals surface area contributed by atoms with Crippen LogP contribution in [-0.4, -0.2) is 39.0 Å². The molecule has 1 saturated heterocycles. The first-order valence-electron chi connectivity index (χ1n) is 12.0. The van der Waals surface area contributed by atoms with Crippen molar-refractivity contribution in [1.29, 1.82) is 0 Å². The number of carbonyl (C=O) groups is 2. The molecule has 8 heteroatoms. The summed E-state index contributed by atoms with van der Waals surface area (Å²) in [5, 5.41) is 1.24. The maximum Gasteiger partial charge on any atom is 0.256 e. The second-order valence-corrected chi connectivity index (χ2v) is 11.6. The number of rotatable bonds is 4. The van der Waals surface area contributed by atoms with Crippen molar-refractivity contribution in [1.82, 2.24) is 14.5 Å². The molecule has 1 atom stereocenters. The Kier molecular flexibility index (Phi) is 5.89. The van der Waals surface area contributed by atoms with Crippen LogP contribution in [0.3, 0.4) is 0 Å². The zero-order valence-electron chi connectivity index (χ0n) is 19.5. The van der Waals surface area contributed by atoms with E-state index in [2.05, 4.69) is 9.55 Å². The van der Waals surface area contributed by atoms with E-state index in [0.29, 0.717) is 48.6 Å². The Morgan fingerprint density at radius 2 is 1.86 bits per heavy atom. The summed E-state index contributed by atoms with van der Waals surface area (Å²) in [6, 6.07) is 14.2. The van der Waals surface area contributed by atoms with E-state index in [9.17, 15) is 14.0 Å². The van der Waals surface area contributed by atoms with E-state index in [1.54, 1.807) is 18.5 Å². The van der Waals surface area contributed by atoms with Crippen LogP contribution in [0.5, 0.6) is 0 Å². The first-order valence-corrected chi connectivity index (χ1v) is 13.4. The molecule has 0 N–H and O–H groups in total. The summed E-state index contributed by atoms with van der Waals surface area (Å²) in [6.45, 7) is 1.84. The molecule has 2 aromatic carbocycles. The maximum atomic E-state index is 13.7. The number of aromatic nitrogens is 2. The lowest BCUT2D eigenvalue weighted by Crippen LogP contribution is -2.42. The Bertz CT molecular complexity index is 1500. The quantitative estimate of drug-likeness (QED) is 0.309. The molecule has 0 aliphatic carbocycles. The number of pyridine rings is 1. The van der Waals surface area contributed by atoms with Crippen LogP contribution in [0.15, 0.2) is 67.1 Å². The monoisotopic (exact) mass is 519 g/mol. The third-order valence-corrected chi connectivity index (χ3v) is 9.44. The number of hydrogen-bond donors (Lipinski definition) is 0. The van der Waals surface area contributed by atoms with Gasteiger partial charge in [-0.05, 0) is 75.4 Å². The highest BCUT2D eigenvalue weighted by molar-refractivity contribution is 7.60. The van der Waals surface area contributed by atoms with Gasteiger partial charge in [-0.25, -0.2) is 4.39 Å². The lowest BCUT2D eigenvalue weighted by Gasteiger charge is -2.39. The highest BCUT2D eigenvalue weighted by Crippen LogP contribution is 2.57. The average molecular weight is 520 g/mol. The number of nitrogens with zero attached hydrogens (tertiary/aromatic N) is 3. The Labute approximate surface area is 215 Å². The third-order valence-electron chi connectivity index (χ3n) is 7.46. The van der Waals surface area contributed by atoms with E-state index in [1.807, 2.05) is 41.4 Å². The molecule has 0 saturated carbocycles. The first kappa shape index (κ1) is 23.3. The van der Waals surface area contributed by atoms with Crippen molar-refractivity contribution < 1.29 is 14.0 Å². The van der Waals surface area contributed by atoms with E-state index in [1.165, 1.54) is 17.7 Å². The number of piperidine rings is 1. The lowest BCUT2D eigenvalue weighted by molar-refractivity contribution is 0.0705. The van der Waals surface area contributed by atoms with Crippen LogP contribution in [0.25, 0.3) is 10.9 Å². The highest BCUT2D eigenvalue weighted by Gasteiger charge is 2.46. The van der Waals surface area contributed by atoms with Crippen molar-refractivity contribution in [2.45, 2.75) is 31.0 Å². The normalized spacial score (nSPS) is 17.3. The number of hydrogen-bond acceptors (Lipinski definition) is 3. The summed E-state index contributed by atoms with van der Waals surface area (Å²) < 4.78 is 15.8. The van der Waals surface area contributed by atoms with Gasteiger partial charge in [0.05, 0.1) is 11.1 Å². The summed E-state index contributed by atoms with van der Waals surface area (Å²) in [7, 11) is 0.0921. The number of amides is 1. The van der Waals surface area contributed by atoms with Crippen molar-refractivity contribution in [3.63, 3.8) is 0 Å². The molecule has 2 aliphatic heterocycles. The van der Waals surface area contributed by atoms with Gasteiger partial charge in [0.25, 0.3) is 5.91 Å². The van der Waals surface area contributed by atoms with E-state index in [4.69, 9.17) is 11.6 Å². The number of carbonyl (C=O) groups excluding carboxylic acids is 2. The highest BCUT2D eigenvalue weighted by atomic mass is 35.5. The smallest absolute Gasteiger partial charge is 0.256 e. The SMILES string of the molecule is O=C1PC2(CCN(C(=O)c3cn(CCc4ccncc4)c4cc(Cl)ccc34)CC2)c2ccc(F)cc21. The van der Waals surface area contributed by atoms with E-state index < -0.39 is 0 Å². The van der Waals surface area contributed by atoms with Gasteiger partial charge in [0.1, 0.15) is 5.82 Å². The van der Waals surface area contributed by atoms with Gasteiger partial charge >= 0.3 is 0 Å². The Morgan fingerprint density at radius 1 is 1.08 bits per heavy atom. The number of likely N-dealkylation sites (tertiary alicyclic amines) is 1. The molecule has 1 amide bonds. The summed E-state index contributed by atoms with van der Waals surface area (Å²) in [6.07, 6.45) is 7.72. The van der Waals surface area contributed by atoms with Crippen molar-refractivity contribution in [2.75, 3.05) is 13.1 Å². The number of halogens is 2. The molecule has 4 aromatic rings. The molecule has 0 bridgehead atoms. The van der Waals surface area contributed by atoms with E-state index in [-0.39, 0.29) is 31.0 Å². The van der Waals surface area contributed by atoms with E-state index in [0.717, 1.165) is 22.9 Å². The second-order valence-electron chi connectivity index (χ2n) is 9.52. The van der Waals surface area contributed by atoms with E-state index >= 15 is 0 Å². The minimum absolute atomic E-state index is 0.00757. The standard InChI is InChI=1S/C28H24ClFN3O2P/c29-19-1-3-21-23(17-33(25(21)15-19)12-7-18-5-10-31-11-6-18)26(34)32-13-8-28(9-14-32)24-4-2-20(30)16-22(24)27(35)36-28/h1-6,10-11,15-17,36H,7-9,12-14H2. The van der Waals surface area contributed by atoms with Gasteiger partial charge in [-0.15, -0.1) is 0 Å². The van der Waals surface area contributed by atoms with Crippen molar-refractivity contribution in [3.05, 3.63) is 100 Å². The number of fused-ring (bicyclic) bond motifs is 3. The molecule has 1 spiro atoms. The molecule has 36 heavy (non-hydrogen) atoms. The van der Waals surface area contributed by atoms with Gasteiger partial charge < -0.3 is 9.47 Å². The fraction of sp³-hybridized carbons (Fsp3) is 0.250. The molecule has 2 aromatic heterocycles. The Morgan fingerprint density at radius 3 is 2.64 bits per heavy atom. The van der Waals surface area contributed by atoms with Gasteiger partial charge in [-0.2, -0.15) is 0 Å². The summed E-state index contributed by atoms with van der Waals surface area (Å²) >= 11 is 6.31. The summed E-state index contributed by atoms with van der Waals surface area (Å²) in [5.74, 6) is -0.385. The molecule has 1 fully saturated rings. The van der Waals surface area contributed by atoms with Crippen LogP contribution >= 0.6 is 20.2 Å². The van der Waals surface area contributed by atoms with Gasteiger partial charge in [0.2, 0.25) is 0 Å². The van der Waals surface area contributed by atoms with Crippen LogP contribution in [-0.2, 0) is 18.1 Å². The predicted molar refractivity (Wildman–Crippen MR) is 141 cm³/mol. The van der Waals surface area contributed by atoms with Crippen LogP contribution in [0.1, 0.15) is 44.7 Å². The van der Waals surface area contributed by atoms with Crippen molar-refractivity contribution in [3.8, 4) is 0 Å². The Balaban J connectivity index is 1.25. The molecular weight excluding hydrogens is 496 g/mol. The fourth-order valence-corrected chi connectivity index (χ4v) is 7.32. The van der Waals surface area contributed by atoms with Gasteiger partial charge in [-0.3, -0.25) is 14.6 Å². The maximum absolute atomic E-state index is 13.7. The van der Waals surface area contributed by atoms with Crippen LogP contribution in [0, 0.1) is 5.82 Å². The molecule has 2 aliphatic rings. The lowest BCUT2D eigenvalue weighted by atomic mass is 9.86. The minimum atomic E-state index is -0.378. The zero-order valence-corrected chi connectivity index (χ0v) is 21.3. The number of benzene rings is 2. The van der Waals surface area contributed by atoms with Crippen LogP contribution in [0.4, 0.5) is 4.39 Å². The largest absolute Gasteiger partial charge is 0.346 e. The molecule has 4 heterocycles. The van der Waals surface area contributed by atoms with Gasteiger partial charge in [0.15, 0.2) is 5.52 Å². The van der Waals surface area contributed by atoms with Gasteiger partial charge in [0, 0.05) is 59.4 Å². The number of aryl methyl sites for hydroxylation is 2. The van der Waals surface area contributed by atoms with Crippen LogP contribution < -0.4 is 0 Å². The summed E-state index contributed by atoms with van der Waals surface area (Å²) in [4.78, 5) is 32.3. The predicted octanol–water partition coefficient (Wildman–Crippen LogP) is 6.04. The molecule has 5 nitrogen and oxygen atoms in total. The molecule has 182 valence electrons. The van der Waals surface area contributed by atoms with Gasteiger partial charge in [-0.1, -0.05) is 23.7 Å². The topological polar surface area (TPSA) is 55.2 Å². The average Bonchev–Trinajstić information content (AvgIpc) is 3.37. The van der Waals surface area contributed by atoms with Crippen molar-refractivity contribution in [2.24, 2.45) is 0 Å². The summed E-state index contributed by atoms with van der Waals surface area (Å²) in [5.41, 5.74) is 4.27. The second kappa shape index (κ2) is 9.10. The van der Waals surface area contributed by atoms with Crippen molar-refractivity contribution >= 4 is 42.5 Å². The zero-order chi connectivity index (χ0) is 24.9. The molecule has 6 rings (SSSR count). The fourth-order valence-electron chi connectivity index (χ4n) is 5.55. The first-order chi connectivity index (χ1) is 17.4. The molecular formula is C28H24ClFN3O2P. The molecule has 1 unspecified atom stereocenters. The molecule has 0 radical (unpaired) electrons. The third kappa shape index (κ3) is 4.03. The van der Waals surface area contributed by atoms with Crippen LogP contribution in [0.2, 0.25) is 5.02 Å². The Hall–Kier alpha value is -3.08.